The summed E-state index contributed by atoms with van der Waals surface area (Å²) >= 11 is 0. The first-order valence-corrected chi connectivity index (χ1v) is 6.47. The molecule has 0 amide bonds. The van der Waals surface area contributed by atoms with Crippen LogP contribution in [0.2, 0.25) is 0 Å². The molecule has 2 N–H and O–H groups in total. The largest absolute Gasteiger partial charge is 0.379 e. The van der Waals surface area contributed by atoms with E-state index in [-0.39, 0.29) is 11.4 Å². The second kappa shape index (κ2) is 3.98. The smallest absolute Gasteiger partial charge is 0.123 e. The van der Waals surface area contributed by atoms with Gasteiger partial charge in [-0.3, -0.25) is 0 Å². The molecule has 2 nitrogen and oxygen atoms in total. The summed E-state index contributed by atoms with van der Waals surface area (Å²) in [4.78, 5) is 0. The van der Waals surface area contributed by atoms with E-state index in [0.717, 1.165) is 43.6 Å². The second-order valence-electron chi connectivity index (χ2n) is 5.49. The van der Waals surface area contributed by atoms with Crippen molar-refractivity contribution in [1.29, 1.82) is 0 Å². The van der Waals surface area contributed by atoms with Gasteiger partial charge in [0.15, 0.2) is 0 Å². The fourth-order valence-electron chi connectivity index (χ4n) is 3.32. The van der Waals surface area contributed by atoms with Gasteiger partial charge in [-0.1, -0.05) is 6.92 Å². The van der Waals surface area contributed by atoms with Crippen molar-refractivity contribution in [2.24, 2.45) is 0 Å². The fraction of sp³-hybridized carbons (Fsp3) is 0.571. The molecular formula is C14H19FN2. The first-order valence-electron chi connectivity index (χ1n) is 6.47. The molecule has 0 bridgehead atoms. The molecule has 1 atom stereocenters. The minimum absolute atomic E-state index is 0.126. The lowest BCUT2D eigenvalue weighted by atomic mass is 9.75. The lowest BCUT2D eigenvalue weighted by Gasteiger charge is -2.45. The maximum Gasteiger partial charge on any atom is 0.123 e. The highest BCUT2D eigenvalue weighted by atomic mass is 19.1. The third-order valence-electron chi connectivity index (χ3n) is 4.20. The van der Waals surface area contributed by atoms with Gasteiger partial charge in [0, 0.05) is 11.2 Å². The van der Waals surface area contributed by atoms with Crippen molar-refractivity contribution in [1.82, 2.24) is 5.32 Å². The highest BCUT2D eigenvalue weighted by Gasteiger charge is 2.37. The van der Waals surface area contributed by atoms with Crippen LogP contribution in [0.3, 0.4) is 0 Å². The Balaban J connectivity index is 1.94. The first-order chi connectivity index (χ1) is 8.19. The normalized spacial score (nSPS) is 26.4. The van der Waals surface area contributed by atoms with Crippen LogP contribution in [0.25, 0.3) is 0 Å². The van der Waals surface area contributed by atoms with Gasteiger partial charge in [0.05, 0.1) is 0 Å². The lowest BCUT2D eigenvalue weighted by molar-refractivity contribution is 0.294. The molecule has 1 unspecified atom stereocenters. The molecule has 1 aromatic carbocycles. The molecule has 0 radical (unpaired) electrons. The minimum atomic E-state index is -0.126. The van der Waals surface area contributed by atoms with Crippen molar-refractivity contribution in [2.45, 2.75) is 37.6 Å². The summed E-state index contributed by atoms with van der Waals surface area (Å²) in [5.74, 6) is 0.318. The molecular weight excluding hydrogens is 215 g/mol. The van der Waals surface area contributed by atoms with E-state index in [1.807, 2.05) is 6.07 Å². The number of anilines is 1. The third-order valence-corrected chi connectivity index (χ3v) is 4.20. The van der Waals surface area contributed by atoms with Gasteiger partial charge in [0.25, 0.3) is 0 Å². The predicted octanol–water partition coefficient (Wildman–Crippen LogP) is 2.87. The molecule has 1 spiro atoms. The van der Waals surface area contributed by atoms with E-state index in [1.54, 1.807) is 12.1 Å². The van der Waals surface area contributed by atoms with E-state index in [2.05, 4.69) is 17.6 Å². The van der Waals surface area contributed by atoms with E-state index in [0.29, 0.717) is 5.92 Å². The number of halogens is 1. The highest BCUT2D eigenvalue weighted by molar-refractivity contribution is 5.57. The number of fused-ring (bicyclic) bond motifs is 1. The molecule has 0 aromatic heterocycles. The molecule has 1 fully saturated rings. The van der Waals surface area contributed by atoms with Crippen molar-refractivity contribution in [3.8, 4) is 0 Å². The van der Waals surface area contributed by atoms with Gasteiger partial charge in [-0.2, -0.15) is 0 Å². The van der Waals surface area contributed by atoms with Gasteiger partial charge in [-0.25, -0.2) is 4.39 Å². The molecule has 2 aliphatic rings. The van der Waals surface area contributed by atoms with E-state index < -0.39 is 0 Å². The topological polar surface area (TPSA) is 24.1 Å². The number of benzene rings is 1. The standard InChI is InChI=1S/C14H19FN2/c1-10-9-14(4-6-16-7-5-14)17-13-3-2-11(15)8-12(10)13/h2-3,8,10,16-17H,4-7,9H2,1H3. The summed E-state index contributed by atoms with van der Waals surface area (Å²) in [5.41, 5.74) is 2.50. The average Bonchev–Trinajstić information content (AvgIpc) is 2.31. The lowest BCUT2D eigenvalue weighted by Crippen LogP contribution is -2.50. The Bertz CT molecular complexity index is 424. The van der Waals surface area contributed by atoms with Crippen LogP contribution >= 0.6 is 0 Å². The molecule has 17 heavy (non-hydrogen) atoms. The quantitative estimate of drug-likeness (QED) is 0.721. The van der Waals surface area contributed by atoms with Gasteiger partial charge >= 0.3 is 0 Å². The Morgan fingerprint density at radius 1 is 1.29 bits per heavy atom. The number of piperidine rings is 1. The van der Waals surface area contributed by atoms with Gasteiger partial charge in [0.2, 0.25) is 0 Å². The Morgan fingerprint density at radius 3 is 2.82 bits per heavy atom. The summed E-state index contributed by atoms with van der Waals surface area (Å²) in [6.45, 7) is 4.37. The van der Waals surface area contributed by atoms with E-state index in [9.17, 15) is 4.39 Å². The van der Waals surface area contributed by atoms with Crippen molar-refractivity contribution >= 4 is 5.69 Å². The van der Waals surface area contributed by atoms with Crippen LogP contribution in [0, 0.1) is 5.82 Å². The maximum atomic E-state index is 13.3. The van der Waals surface area contributed by atoms with Crippen molar-refractivity contribution in [3.63, 3.8) is 0 Å². The minimum Gasteiger partial charge on any atom is -0.379 e. The molecule has 0 saturated carbocycles. The van der Waals surface area contributed by atoms with Gasteiger partial charge < -0.3 is 10.6 Å². The zero-order chi connectivity index (χ0) is 11.9. The van der Waals surface area contributed by atoms with Gasteiger partial charge in [-0.15, -0.1) is 0 Å². The van der Waals surface area contributed by atoms with Crippen LogP contribution in [0.15, 0.2) is 18.2 Å². The number of rotatable bonds is 0. The highest BCUT2D eigenvalue weighted by Crippen LogP contribution is 2.42. The maximum absolute atomic E-state index is 13.3. The summed E-state index contributed by atoms with van der Waals surface area (Å²) in [7, 11) is 0. The van der Waals surface area contributed by atoms with Gasteiger partial charge in [0.1, 0.15) is 5.82 Å². The number of nitrogens with one attached hydrogen (secondary N) is 2. The molecule has 2 aliphatic heterocycles. The summed E-state index contributed by atoms with van der Waals surface area (Å²) < 4.78 is 13.3. The Labute approximate surface area is 102 Å². The summed E-state index contributed by atoms with van der Waals surface area (Å²) in [6, 6.07) is 5.13. The molecule has 1 aromatic rings. The average molecular weight is 234 g/mol. The number of hydrogen-bond acceptors (Lipinski definition) is 2. The summed E-state index contributed by atoms with van der Waals surface area (Å²) in [6.07, 6.45) is 3.44. The van der Waals surface area contributed by atoms with Crippen LogP contribution in [0.5, 0.6) is 0 Å². The molecule has 2 heterocycles. The van der Waals surface area contributed by atoms with E-state index >= 15 is 0 Å². The van der Waals surface area contributed by atoms with Crippen molar-refractivity contribution < 1.29 is 4.39 Å². The van der Waals surface area contributed by atoms with Crippen LogP contribution in [0.4, 0.5) is 10.1 Å². The van der Waals surface area contributed by atoms with Crippen molar-refractivity contribution in [2.75, 3.05) is 18.4 Å². The number of hydrogen-bond donors (Lipinski definition) is 2. The van der Waals surface area contributed by atoms with Gasteiger partial charge in [-0.05, 0) is 62.0 Å². The van der Waals surface area contributed by atoms with E-state index in [1.165, 1.54) is 0 Å². The zero-order valence-corrected chi connectivity index (χ0v) is 10.2. The first kappa shape index (κ1) is 11.0. The second-order valence-corrected chi connectivity index (χ2v) is 5.49. The molecule has 3 heteroatoms. The predicted molar refractivity (Wildman–Crippen MR) is 67.9 cm³/mol. The Morgan fingerprint density at radius 2 is 2.06 bits per heavy atom. The summed E-state index contributed by atoms with van der Waals surface area (Å²) in [5, 5.41) is 7.07. The van der Waals surface area contributed by atoms with Crippen molar-refractivity contribution in [3.05, 3.63) is 29.6 Å². The Hall–Kier alpha value is -1.09. The third kappa shape index (κ3) is 1.93. The Kier molecular flexibility index (Phi) is 2.58. The fourth-order valence-corrected chi connectivity index (χ4v) is 3.32. The molecule has 1 saturated heterocycles. The van der Waals surface area contributed by atoms with Crippen LogP contribution in [-0.2, 0) is 0 Å². The zero-order valence-electron chi connectivity index (χ0n) is 10.2. The van der Waals surface area contributed by atoms with E-state index in [4.69, 9.17) is 0 Å². The van der Waals surface area contributed by atoms with Crippen LogP contribution in [-0.4, -0.2) is 18.6 Å². The molecule has 92 valence electrons. The van der Waals surface area contributed by atoms with Crippen LogP contribution in [0.1, 0.15) is 37.7 Å². The SMILES string of the molecule is CC1CC2(CCNCC2)Nc2ccc(F)cc21. The molecule has 0 aliphatic carbocycles. The molecule has 3 rings (SSSR count). The monoisotopic (exact) mass is 234 g/mol. The van der Waals surface area contributed by atoms with Crippen LogP contribution < -0.4 is 10.6 Å².